The number of hydrogen-bond donors (Lipinski definition) is 1. The fourth-order valence-electron chi connectivity index (χ4n) is 3.97. The molecule has 0 amide bonds. The first-order chi connectivity index (χ1) is 8.30. The molecule has 3 fully saturated rings. The molecule has 0 N–H and O–H groups in total. The van der Waals surface area contributed by atoms with Crippen LogP contribution in [0.5, 0.6) is 0 Å². The predicted molar refractivity (Wildman–Crippen MR) is 73.7 cm³/mol. The molecule has 2 nitrogen and oxygen atoms in total. The van der Waals surface area contributed by atoms with E-state index in [1.54, 1.807) is 0 Å². The summed E-state index contributed by atoms with van der Waals surface area (Å²) in [5, 5.41) is 0. The Hall–Kier alpha value is 0.270. The standard InChI is InChI=1S/C14H25NOS/c17-11-14(6-2-1-3-7-14)10-15-8-12-4-5-13(9-15)16-12/h12-13,17H,1-11H2. The van der Waals surface area contributed by atoms with Crippen molar-refractivity contribution in [3.63, 3.8) is 0 Å². The Morgan fingerprint density at radius 1 is 1.06 bits per heavy atom. The third kappa shape index (κ3) is 2.66. The number of ether oxygens (including phenoxy) is 1. The molecule has 0 radical (unpaired) electrons. The van der Waals surface area contributed by atoms with Gasteiger partial charge in [-0.1, -0.05) is 19.3 Å². The molecule has 3 rings (SSSR count). The molecule has 2 heterocycles. The predicted octanol–water partition coefficient (Wildman–Crippen LogP) is 2.73. The Bertz CT molecular complexity index is 253. The van der Waals surface area contributed by atoms with Crippen molar-refractivity contribution in [2.45, 2.75) is 57.2 Å². The largest absolute Gasteiger partial charge is 0.372 e. The summed E-state index contributed by atoms with van der Waals surface area (Å²) in [6.07, 6.45) is 10.7. The Kier molecular flexibility index (Phi) is 3.69. The van der Waals surface area contributed by atoms with Gasteiger partial charge in [0.05, 0.1) is 12.2 Å². The van der Waals surface area contributed by atoms with E-state index < -0.39 is 0 Å². The average molecular weight is 255 g/mol. The topological polar surface area (TPSA) is 12.5 Å². The van der Waals surface area contributed by atoms with Gasteiger partial charge in [0.15, 0.2) is 0 Å². The van der Waals surface area contributed by atoms with Crippen LogP contribution in [0.2, 0.25) is 0 Å². The zero-order valence-electron chi connectivity index (χ0n) is 10.7. The Balaban J connectivity index is 1.61. The maximum absolute atomic E-state index is 5.92. The monoisotopic (exact) mass is 255 g/mol. The highest BCUT2D eigenvalue weighted by Gasteiger charge is 2.38. The quantitative estimate of drug-likeness (QED) is 0.779. The molecular formula is C14H25NOS. The van der Waals surface area contributed by atoms with Gasteiger partial charge < -0.3 is 4.74 Å². The summed E-state index contributed by atoms with van der Waals surface area (Å²) in [7, 11) is 0. The highest BCUT2D eigenvalue weighted by molar-refractivity contribution is 7.80. The minimum absolute atomic E-state index is 0.512. The van der Waals surface area contributed by atoms with Crippen molar-refractivity contribution < 1.29 is 4.74 Å². The number of likely N-dealkylation sites (tertiary alicyclic amines) is 1. The van der Waals surface area contributed by atoms with Gasteiger partial charge in [-0.3, -0.25) is 4.90 Å². The van der Waals surface area contributed by atoms with E-state index in [0.29, 0.717) is 17.6 Å². The van der Waals surface area contributed by atoms with Crippen LogP contribution >= 0.6 is 12.6 Å². The summed E-state index contributed by atoms with van der Waals surface area (Å²) in [4.78, 5) is 2.67. The number of morpholine rings is 1. The van der Waals surface area contributed by atoms with E-state index in [0.717, 1.165) is 5.75 Å². The van der Waals surface area contributed by atoms with Crippen molar-refractivity contribution in [3.8, 4) is 0 Å². The molecule has 2 atom stereocenters. The summed E-state index contributed by atoms with van der Waals surface area (Å²) >= 11 is 4.65. The van der Waals surface area contributed by atoms with Gasteiger partial charge in [-0.25, -0.2) is 0 Å². The highest BCUT2D eigenvalue weighted by atomic mass is 32.1. The average Bonchev–Trinajstić information content (AvgIpc) is 2.70. The van der Waals surface area contributed by atoms with Gasteiger partial charge in [-0.15, -0.1) is 0 Å². The van der Waals surface area contributed by atoms with E-state index in [4.69, 9.17) is 4.74 Å². The second-order valence-electron chi connectivity index (χ2n) is 6.37. The highest BCUT2D eigenvalue weighted by Crippen LogP contribution is 2.39. The molecule has 2 unspecified atom stereocenters. The zero-order valence-corrected chi connectivity index (χ0v) is 11.6. The van der Waals surface area contributed by atoms with Crippen LogP contribution in [0.4, 0.5) is 0 Å². The lowest BCUT2D eigenvalue weighted by Gasteiger charge is -2.42. The maximum Gasteiger partial charge on any atom is 0.0707 e. The number of thiol groups is 1. The Morgan fingerprint density at radius 3 is 2.29 bits per heavy atom. The molecule has 3 aliphatic rings. The zero-order chi connectivity index (χ0) is 11.7. The summed E-state index contributed by atoms with van der Waals surface area (Å²) in [6.45, 7) is 3.62. The summed E-state index contributed by atoms with van der Waals surface area (Å²) in [6, 6.07) is 0. The van der Waals surface area contributed by atoms with E-state index in [2.05, 4.69) is 17.5 Å². The minimum atomic E-state index is 0.512. The molecule has 2 bridgehead atoms. The van der Waals surface area contributed by atoms with Gasteiger partial charge in [0.1, 0.15) is 0 Å². The van der Waals surface area contributed by atoms with Crippen LogP contribution in [0.25, 0.3) is 0 Å². The third-order valence-corrected chi connectivity index (χ3v) is 5.60. The van der Waals surface area contributed by atoms with Gasteiger partial charge in [0.2, 0.25) is 0 Å². The van der Waals surface area contributed by atoms with Crippen molar-refractivity contribution >= 4 is 12.6 Å². The summed E-state index contributed by atoms with van der Waals surface area (Å²) in [5.41, 5.74) is 0.512. The van der Waals surface area contributed by atoms with Gasteiger partial charge in [0.25, 0.3) is 0 Å². The Labute approximate surface area is 110 Å². The van der Waals surface area contributed by atoms with Crippen LogP contribution < -0.4 is 0 Å². The van der Waals surface area contributed by atoms with Crippen LogP contribution in [0.3, 0.4) is 0 Å². The molecule has 1 aliphatic carbocycles. The third-order valence-electron chi connectivity index (χ3n) is 4.93. The first kappa shape index (κ1) is 12.3. The van der Waals surface area contributed by atoms with Crippen molar-refractivity contribution in [3.05, 3.63) is 0 Å². The molecule has 2 saturated heterocycles. The molecule has 0 aromatic heterocycles. The van der Waals surface area contributed by atoms with E-state index >= 15 is 0 Å². The smallest absolute Gasteiger partial charge is 0.0707 e. The molecule has 0 aromatic rings. The lowest BCUT2D eigenvalue weighted by atomic mass is 9.75. The normalized spacial score (nSPS) is 37.2. The van der Waals surface area contributed by atoms with E-state index in [-0.39, 0.29) is 0 Å². The van der Waals surface area contributed by atoms with Crippen LogP contribution in [0.15, 0.2) is 0 Å². The lowest BCUT2D eigenvalue weighted by molar-refractivity contribution is -0.0516. The fraction of sp³-hybridized carbons (Fsp3) is 1.00. The summed E-state index contributed by atoms with van der Waals surface area (Å²) < 4.78 is 5.92. The molecular weight excluding hydrogens is 230 g/mol. The van der Waals surface area contributed by atoms with Crippen LogP contribution in [0.1, 0.15) is 44.9 Å². The molecule has 17 heavy (non-hydrogen) atoms. The van der Waals surface area contributed by atoms with Crippen molar-refractivity contribution in [1.29, 1.82) is 0 Å². The lowest BCUT2D eigenvalue weighted by Crippen LogP contribution is -2.48. The molecule has 0 aromatic carbocycles. The van der Waals surface area contributed by atoms with Gasteiger partial charge in [0, 0.05) is 19.6 Å². The second kappa shape index (κ2) is 5.10. The first-order valence-corrected chi connectivity index (χ1v) is 7.92. The molecule has 0 spiro atoms. The minimum Gasteiger partial charge on any atom is -0.372 e. The molecule has 1 saturated carbocycles. The van der Waals surface area contributed by atoms with Crippen molar-refractivity contribution in [1.82, 2.24) is 4.90 Å². The van der Waals surface area contributed by atoms with Gasteiger partial charge in [-0.2, -0.15) is 12.6 Å². The Morgan fingerprint density at radius 2 is 1.71 bits per heavy atom. The van der Waals surface area contributed by atoms with E-state index in [1.165, 1.54) is 64.6 Å². The van der Waals surface area contributed by atoms with E-state index in [1.807, 2.05) is 0 Å². The molecule has 3 heteroatoms. The van der Waals surface area contributed by atoms with Crippen LogP contribution in [-0.2, 0) is 4.74 Å². The summed E-state index contributed by atoms with van der Waals surface area (Å²) in [5.74, 6) is 1.07. The SMILES string of the molecule is SCC1(CN2CC3CCC(C2)O3)CCCCC1. The van der Waals surface area contributed by atoms with Crippen molar-refractivity contribution in [2.75, 3.05) is 25.4 Å². The van der Waals surface area contributed by atoms with Gasteiger partial charge in [-0.05, 0) is 36.9 Å². The molecule has 98 valence electrons. The number of hydrogen-bond acceptors (Lipinski definition) is 3. The number of rotatable bonds is 3. The van der Waals surface area contributed by atoms with Crippen LogP contribution in [-0.4, -0.2) is 42.5 Å². The fourth-order valence-corrected chi connectivity index (χ4v) is 4.39. The first-order valence-electron chi connectivity index (χ1n) is 7.28. The van der Waals surface area contributed by atoms with Crippen molar-refractivity contribution in [2.24, 2.45) is 5.41 Å². The van der Waals surface area contributed by atoms with E-state index in [9.17, 15) is 0 Å². The number of fused-ring (bicyclic) bond motifs is 2. The second-order valence-corrected chi connectivity index (χ2v) is 6.69. The van der Waals surface area contributed by atoms with Crippen LogP contribution in [0, 0.1) is 5.41 Å². The van der Waals surface area contributed by atoms with Gasteiger partial charge >= 0.3 is 0 Å². The number of nitrogens with zero attached hydrogens (tertiary/aromatic N) is 1. The maximum atomic E-state index is 5.92. The molecule has 2 aliphatic heterocycles.